The van der Waals surface area contributed by atoms with Gasteiger partial charge in [-0.2, -0.15) is 5.10 Å². The lowest BCUT2D eigenvalue weighted by atomic mass is 9.80. The molecule has 0 radical (unpaired) electrons. The number of hydrogen-bond acceptors (Lipinski definition) is 7. The Morgan fingerprint density at radius 2 is 1.79 bits per heavy atom. The normalized spacial score (nSPS) is 16.5. The predicted molar refractivity (Wildman–Crippen MR) is 145 cm³/mol. The number of fused-ring (bicyclic) bond motifs is 2. The smallest absolute Gasteiger partial charge is 0.331 e. The van der Waals surface area contributed by atoms with Crippen molar-refractivity contribution in [3.8, 4) is 5.69 Å². The third-order valence-corrected chi connectivity index (χ3v) is 6.48. The van der Waals surface area contributed by atoms with Crippen LogP contribution in [0.15, 0.2) is 90.9 Å². The van der Waals surface area contributed by atoms with Crippen molar-refractivity contribution in [2.24, 2.45) is 5.41 Å². The molecule has 1 atom stereocenters. The number of nitrogens with two attached hydrogens (primary N) is 1. The summed E-state index contributed by atoms with van der Waals surface area (Å²) in [5.41, 5.74) is 8.72. The molecule has 0 amide bonds. The van der Waals surface area contributed by atoms with Crippen LogP contribution >= 0.6 is 0 Å². The van der Waals surface area contributed by atoms with Crippen molar-refractivity contribution in [1.29, 1.82) is 0 Å². The summed E-state index contributed by atoms with van der Waals surface area (Å²) in [5.74, 6) is -0.759. The molecule has 11 nitrogen and oxygen atoms in total. The maximum absolute atomic E-state index is 10.8. The number of nitrogen functional groups attached to an aromatic ring is 1. The Morgan fingerprint density at radius 1 is 1.05 bits per heavy atom. The van der Waals surface area contributed by atoms with Gasteiger partial charge in [0.1, 0.15) is 24.5 Å². The van der Waals surface area contributed by atoms with E-state index < -0.39 is 17.4 Å². The first-order valence-corrected chi connectivity index (χ1v) is 12.1. The number of carbonyl (C=O) groups is 2. The monoisotopic (exact) mass is 523 g/mol. The van der Waals surface area contributed by atoms with Gasteiger partial charge < -0.3 is 15.9 Å². The Labute approximate surface area is 222 Å². The van der Waals surface area contributed by atoms with E-state index in [-0.39, 0.29) is 12.0 Å². The molecule has 4 N–H and O–H groups in total. The quantitative estimate of drug-likeness (QED) is 0.311. The van der Waals surface area contributed by atoms with Gasteiger partial charge in [-0.05, 0) is 37.6 Å². The van der Waals surface area contributed by atoms with Crippen LogP contribution in [0.2, 0.25) is 0 Å². The maximum atomic E-state index is 10.8. The van der Waals surface area contributed by atoms with Crippen molar-refractivity contribution in [1.82, 2.24) is 29.3 Å². The molecular formula is C28H25N7O4. The van der Waals surface area contributed by atoms with E-state index in [1.165, 1.54) is 31.5 Å². The number of carboxylic acids is 2. The molecule has 0 spiro atoms. The fourth-order valence-corrected chi connectivity index (χ4v) is 4.39. The van der Waals surface area contributed by atoms with Crippen LogP contribution in [0.5, 0.6) is 0 Å². The number of para-hydroxylation sites is 3. The summed E-state index contributed by atoms with van der Waals surface area (Å²) in [6, 6.07) is 18.3. The first kappa shape index (κ1) is 25.3. The summed E-state index contributed by atoms with van der Waals surface area (Å²) in [7, 11) is 0. The molecule has 1 aliphatic rings. The van der Waals surface area contributed by atoms with Crippen LogP contribution in [-0.2, 0) is 16.1 Å². The van der Waals surface area contributed by atoms with Gasteiger partial charge in [0, 0.05) is 11.3 Å². The molecule has 196 valence electrons. The number of allylic oxidation sites excluding steroid dienone is 2. The molecule has 5 aromatic rings. The van der Waals surface area contributed by atoms with Crippen LogP contribution in [0, 0.1) is 5.41 Å². The number of aliphatic carboxylic acids is 2. The zero-order chi connectivity index (χ0) is 27.6. The number of imidazole rings is 1. The summed E-state index contributed by atoms with van der Waals surface area (Å²) in [5, 5.41) is 22.7. The second-order valence-corrected chi connectivity index (χ2v) is 9.24. The van der Waals surface area contributed by atoms with Gasteiger partial charge in [0.15, 0.2) is 5.65 Å². The van der Waals surface area contributed by atoms with E-state index in [2.05, 4.69) is 37.8 Å². The van der Waals surface area contributed by atoms with Crippen molar-refractivity contribution >= 4 is 39.8 Å². The van der Waals surface area contributed by atoms with Gasteiger partial charge in [-0.3, -0.25) is 9.36 Å². The van der Waals surface area contributed by atoms with Crippen LogP contribution in [0.3, 0.4) is 0 Å². The minimum absolute atomic E-state index is 0.0359. The third-order valence-electron chi connectivity index (χ3n) is 6.48. The van der Waals surface area contributed by atoms with Crippen LogP contribution in [0.1, 0.15) is 19.2 Å². The molecule has 3 heterocycles. The average molecular weight is 524 g/mol. The Morgan fingerprint density at radius 3 is 2.54 bits per heavy atom. The van der Waals surface area contributed by atoms with Crippen molar-refractivity contribution in [3.63, 3.8) is 0 Å². The molecule has 0 saturated carbocycles. The summed E-state index contributed by atoms with van der Waals surface area (Å²) < 4.78 is 3.95. The lowest BCUT2D eigenvalue weighted by molar-refractivity contribution is -0.145. The van der Waals surface area contributed by atoms with E-state index in [0.29, 0.717) is 18.0 Å². The fourth-order valence-electron chi connectivity index (χ4n) is 4.39. The SMILES string of the molecule is CC1(C(=O)O)C=CC=C(C(=O)O)C1.Nc1ncnc2c1cnn2Cc1nc2ccccc2n1-c1ccccc1. The molecule has 0 aliphatic heterocycles. The van der Waals surface area contributed by atoms with Crippen molar-refractivity contribution < 1.29 is 19.8 Å². The van der Waals surface area contributed by atoms with E-state index >= 15 is 0 Å². The van der Waals surface area contributed by atoms with Gasteiger partial charge in [-0.25, -0.2) is 24.4 Å². The Balaban J connectivity index is 0.000000201. The number of benzene rings is 2. The number of aromatic nitrogens is 6. The average Bonchev–Trinajstić information content (AvgIpc) is 3.51. The van der Waals surface area contributed by atoms with Crippen LogP contribution in [0.25, 0.3) is 27.8 Å². The highest BCUT2D eigenvalue weighted by atomic mass is 16.4. The lowest BCUT2D eigenvalue weighted by Gasteiger charge is -2.23. The van der Waals surface area contributed by atoms with E-state index in [0.717, 1.165) is 27.9 Å². The van der Waals surface area contributed by atoms with E-state index in [4.69, 9.17) is 20.9 Å². The minimum Gasteiger partial charge on any atom is -0.481 e. The summed E-state index contributed by atoms with van der Waals surface area (Å²) in [4.78, 5) is 34.5. The molecule has 1 aliphatic carbocycles. The standard InChI is InChI=1S/C19H15N7.C9H10O4/c20-18-14-10-23-25(19(14)22-12-21-18)11-17-24-15-8-4-5-9-16(15)26(17)13-6-2-1-3-7-13;1-9(8(12)13)4-2-3-6(5-9)7(10)11/h1-10,12H,11H2,(H2,20,21,22);2-4H,5H2,1H3,(H,10,11)(H,12,13). The fraction of sp³-hybridized carbons (Fsp3) is 0.143. The topological polar surface area (TPSA) is 162 Å². The van der Waals surface area contributed by atoms with Gasteiger partial charge in [-0.1, -0.05) is 48.6 Å². The van der Waals surface area contributed by atoms with Gasteiger partial charge in [-0.15, -0.1) is 0 Å². The van der Waals surface area contributed by atoms with Crippen molar-refractivity contribution in [3.05, 3.63) is 96.7 Å². The molecule has 39 heavy (non-hydrogen) atoms. The zero-order valence-electron chi connectivity index (χ0n) is 21.0. The second kappa shape index (κ2) is 10.2. The second-order valence-electron chi connectivity index (χ2n) is 9.24. The predicted octanol–water partition coefficient (Wildman–Crippen LogP) is 3.84. The molecular weight excluding hydrogens is 498 g/mol. The van der Waals surface area contributed by atoms with E-state index in [1.807, 2.05) is 36.4 Å². The largest absolute Gasteiger partial charge is 0.481 e. The molecule has 6 rings (SSSR count). The number of carboxylic acid groups (broad SMARTS) is 2. The van der Waals surface area contributed by atoms with Gasteiger partial charge in [0.25, 0.3) is 0 Å². The highest BCUT2D eigenvalue weighted by molar-refractivity contribution is 5.90. The number of nitrogens with zero attached hydrogens (tertiary/aromatic N) is 6. The number of anilines is 1. The van der Waals surface area contributed by atoms with Gasteiger partial charge >= 0.3 is 11.9 Å². The zero-order valence-corrected chi connectivity index (χ0v) is 21.0. The van der Waals surface area contributed by atoms with Crippen molar-refractivity contribution in [2.75, 3.05) is 5.73 Å². The van der Waals surface area contributed by atoms with Crippen LogP contribution < -0.4 is 5.73 Å². The molecule has 11 heteroatoms. The molecule has 0 bridgehead atoms. The molecule has 0 fully saturated rings. The Bertz CT molecular complexity index is 1750. The number of rotatable bonds is 5. The van der Waals surface area contributed by atoms with Crippen molar-refractivity contribution in [2.45, 2.75) is 19.9 Å². The summed E-state index contributed by atoms with van der Waals surface area (Å²) in [6.07, 6.45) is 7.58. The molecule has 1 unspecified atom stereocenters. The van der Waals surface area contributed by atoms with Gasteiger partial charge in [0.2, 0.25) is 0 Å². The molecule has 2 aromatic carbocycles. The Hall–Kier alpha value is -5.32. The highest BCUT2D eigenvalue weighted by Crippen LogP contribution is 2.31. The summed E-state index contributed by atoms with van der Waals surface area (Å²) in [6.45, 7) is 1.98. The Kier molecular flexibility index (Phi) is 6.63. The van der Waals surface area contributed by atoms with E-state index in [9.17, 15) is 9.59 Å². The van der Waals surface area contributed by atoms with E-state index in [1.54, 1.807) is 10.9 Å². The van der Waals surface area contributed by atoms with Crippen LogP contribution in [0.4, 0.5) is 5.82 Å². The lowest BCUT2D eigenvalue weighted by Crippen LogP contribution is -2.28. The first-order valence-electron chi connectivity index (χ1n) is 12.1. The van der Waals surface area contributed by atoms with Gasteiger partial charge in [0.05, 0.1) is 28.0 Å². The van der Waals surface area contributed by atoms with Crippen LogP contribution in [-0.4, -0.2) is 51.5 Å². The first-order chi connectivity index (χ1) is 18.8. The minimum atomic E-state index is -1.08. The summed E-state index contributed by atoms with van der Waals surface area (Å²) >= 11 is 0. The maximum Gasteiger partial charge on any atom is 0.331 e. The molecule has 3 aromatic heterocycles. The highest BCUT2D eigenvalue weighted by Gasteiger charge is 2.34. The number of hydrogen-bond donors (Lipinski definition) is 3. The molecule has 0 saturated heterocycles. The third kappa shape index (κ3) is 4.97.